The van der Waals surface area contributed by atoms with Crippen molar-refractivity contribution in [1.29, 1.82) is 0 Å². The Morgan fingerprint density at radius 1 is 1.18 bits per heavy atom. The first kappa shape index (κ1) is 15.0. The summed E-state index contributed by atoms with van der Waals surface area (Å²) in [5.74, 6) is 0.921. The standard InChI is InChI=1S/C15H32N2/c1-4-7-8-14(5-2)13-17(6-3)15-9-11-16-12-10-15/h14-16H,4-13H2,1-3H3. The van der Waals surface area contributed by atoms with Gasteiger partial charge in [0.2, 0.25) is 0 Å². The van der Waals surface area contributed by atoms with Gasteiger partial charge in [-0.25, -0.2) is 0 Å². The molecule has 1 aliphatic heterocycles. The van der Waals surface area contributed by atoms with Crippen molar-refractivity contribution in [2.24, 2.45) is 5.92 Å². The normalized spacial score (nSPS) is 19.8. The van der Waals surface area contributed by atoms with Crippen LogP contribution in [0.25, 0.3) is 0 Å². The van der Waals surface area contributed by atoms with E-state index in [4.69, 9.17) is 0 Å². The predicted octanol–water partition coefficient (Wildman–Crippen LogP) is 3.28. The van der Waals surface area contributed by atoms with E-state index in [0.717, 1.165) is 12.0 Å². The highest BCUT2D eigenvalue weighted by atomic mass is 15.2. The van der Waals surface area contributed by atoms with Crippen LogP contribution in [0.2, 0.25) is 0 Å². The second-order valence-electron chi connectivity index (χ2n) is 5.49. The van der Waals surface area contributed by atoms with Crippen LogP contribution in [0.5, 0.6) is 0 Å². The second-order valence-corrected chi connectivity index (χ2v) is 5.49. The lowest BCUT2D eigenvalue weighted by atomic mass is 9.96. The van der Waals surface area contributed by atoms with Crippen LogP contribution >= 0.6 is 0 Å². The van der Waals surface area contributed by atoms with E-state index in [-0.39, 0.29) is 0 Å². The van der Waals surface area contributed by atoms with Crippen molar-refractivity contribution in [3.05, 3.63) is 0 Å². The summed E-state index contributed by atoms with van der Waals surface area (Å²) in [6.45, 7) is 12.0. The SMILES string of the molecule is CCCCC(CC)CN(CC)C1CCNCC1. The van der Waals surface area contributed by atoms with Crippen molar-refractivity contribution in [2.75, 3.05) is 26.2 Å². The van der Waals surface area contributed by atoms with Crippen molar-refractivity contribution in [3.63, 3.8) is 0 Å². The van der Waals surface area contributed by atoms with Gasteiger partial charge in [0, 0.05) is 12.6 Å². The first-order chi connectivity index (χ1) is 8.31. The van der Waals surface area contributed by atoms with Crippen LogP contribution in [0.4, 0.5) is 0 Å². The highest BCUT2D eigenvalue weighted by Crippen LogP contribution is 2.18. The largest absolute Gasteiger partial charge is 0.317 e. The summed E-state index contributed by atoms with van der Waals surface area (Å²) in [5, 5.41) is 3.47. The molecule has 1 aliphatic rings. The summed E-state index contributed by atoms with van der Waals surface area (Å²) in [6.07, 6.45) is 8.21. The number of unbranched alkanes of at least 4 members (excludes halogenated alkanes) is 1. The summed E-state index contributed by atoms with van der Waals surface area (Å²) in [6, 6.07) is 0.844. The summed E-state index contributed by atoms with van der Waals surface area (Å²) < 4.78 is 0. The Morgan fingerprint density at radius 3 is 2.41 bits per heavy atom. The van der Waals surface area contributed by atoms with Gasteiger partial charge in [0.15, 0.2) is 0 Å². The Hall–Kier alpha value is -0.0800. The third-order valence-corrected chi connectivity index (χ3v) is 4.27. The van der Waals surface area contributed by atoms with Crippen molar-refractivity contribution in [1.82, 2.24) is 10.2 Å². The molecule has 0 aromatic heterocycles. The molecule has 1 fully saturated rings. The molecule has 0 saturated carbocycles. The molecule has 1 unspecified atom stereocenters. The van der Waals surface area contributed by atoms with Crippen molar-refractivity contribution >= 4 is 0 Å². The molecule has 0 bridgehead atoms. The zero-order valence-corrected chi connectivity index (χ0v) is 12.2. The van der Waals surface area contributed by atoms with E-state index >= 15 is 0 Å². The molecule has 2 heteroatoms. The highest BCUT2D eigenvalue weighted by Gasteiger charge is 2.21. The maximum Gasteiger partial charge on any atom is 0.0119 e. The lowest BCUT2D eigenvalue weighted by Crippen LogP contribution is -2.44. The third kappa shape index (κ3) is 5.39. The van der Waals surface area contributed by atoms with E-state index < -0.39 is 0 Å². The maximum atomic E-state index is 3.47. The number of hydrogen-bond donors (Lipinski definition) is 1. The van der Waals surface area contributed by atoms with Crippen LogP contribution in [0, 0.1) is 5.92 Å². The van der Waals surface area contributed by atoms with E-state index in [1.54, 1.807) is 0 Å². The van der Waals surface area contributed by atoms with Crippen LogP contribution in [0.3, 0.4) is 0 Å². The fourth-order valence-corrected chi connectivity index (χ4v) is 2.96. The van der Waals surface area contributed by atoms with Gasteiger partial charge >= 0.3 is 0 Å². The zero-order chi connectivity index (χ0) is 12.5. The summed E-state index contributed by atoms with van der Waals surface area (Å²) in [4.78, 5) is 2.74. The molecule has 0 radical (unpaired) electrons. The maximum absolute atomic E-state index is 3.47. The zero-order valence-electron chi connectivity index (χ0n) is 12.2. The smallest absolute Gasteiger partial charge is 0.0119 e. The van der Waals surface area contributed by atoms with Gasteiger partial charge in [-0.2, -0.15) is 0 Å². The molecule has 1 atom stereocenters. The van der Waals surface area contributed by atoms with Crippen LogP contribution in [0.15, 0.2) is 0 Å². The van der Waals surface area contributed by atoms with Gasteiger partial charge in [0.1, 0.15) is 0 Å². The fourth-order valence-electron chi connectivity index (χ4n) is 2.96. The molecule has 0 aromatic rings. The van der Waals surface area contributed by atoms with Crippen LogP contribution < -0.4 is 5.32 Å². The van der Waals surface area contributed by atoms with E-state index in [2.05, 4.69) is 31.0 Å². The third-order valence-electron chi connectivity index (χ3n) is 4.27. The van der Waals surface area contributed by atoms with Crippen LogP contribution in [-0.4, -0.2) is 37.1 Å². The van der Waals surface area contributed by atoms with Gasteiger partial charge in [-0.15, -0.1) is 0 Å². The van der Waals surface area contributed by atoms with Gasteiger partial charge in [0.05, 0.1) is 0 Å². The lowest BCUT2D eigenvalue weighted by molar-refractivity contribution is 0.140. The predicted molar refractivity (Wildman–Crippen MR) is 76.4 cm³/mol. The number of nitrogens with zero attached hydrogens (tertiary/aromatic N) is 1. The molecule has 1 saturated heterocycles. The van der Waals surface area contributed by atoms with Gasteiger partial charge in [-0.05, 0) is 44.8 Å². The Morgan fingerprint density at radius 2 is 1.88 bits per heavy atom. The van der Waals surface area contributed by atoms with Crippen molar-refractivity contribution < 1.29 is 0 Å². The number of hydrogen-bond acceptors (Lipinski definition) is 2. The average Bonchev–Trinajstić information content (AvgIpc) is 2.40. The first-order valence-corrected chi connectivity index (χ1v) is 7.76. The molecule has 0 amide bonds. The monoisotopic (exact) mass is 240 g/mol. The number of rotatable bonds is 8. The second kappa shape index (κ2) is 8.93. The molecule has 1 N–H and O–H groups in total. The minimum absolute atomic E-state index is 0.844. The van der Waals surface area contributed by atoms with E-state index in [1.165, 1.54) is 64.7 Å². The quantitative estimate of drug-likeness (QED) is 0.700. The van der Waals surface area contributed by atoms with Crippen LogP contribution in [-0.2, 0) is 0 Å². The van der Waals surface area contributed by atoms with Gasteiger partial charge < -0.3 is 10.2 Å². The minimum Gasteiger partial charge on any atom is -0.317 e. The molecule has 17 heavy (non-hydrogen) atoms. The molecule has 0 spiro atoms. The number of piperidine rings is 1. The molecule has 102 valence electrons. The minimum atomic E-state index is 0.844. The molecule has 0 aromatic carbocycles. The van der Waals surface area contributed by atoms with Crippen LogP contribution in [0.1, 0.15) is 59.3 Å². The lowest BCUT2D eigenvalue weighted by Gasteiger charge is -2.36. The molecule has 0 aliphatic carbocycles. The highest BCUT2D eigenvalue weighted by molar-refractivity contribution is 4.78. The van der Waals surface area contributed by atoms with Gasteiger partial charge in [-0.1, -0.05) is 40.0 Å². The Kier molecular flexibility index (Phi) is 7.87. The fraction of sp³-hybridized carbons (Fsp3) is 1.00. The molecular formula is C15H32N2. The Labute approximate surface area is 108 Å². The van der Waals surface area contributed by atoms with E-state index in [0.29, 0.717) is 0 Å². The van der Waals surface area contributed by atoms with E-state index in [9.17, 15) is 0 Å². The van der Waals surface area contributed by atoms with Gasteiger partial charge in [-0.3, -0.25) is 0 Å². The summed E-state index contributed by atoms with van der Waals surface area (Å²) >= 11 is 0. The molecule has 2 nitrogen and oxygen atoms in total. The number of nitrogens with one attached hydrogen (secondary N) is 1. The Bertz CT molecular complexity index is 176. The topological polar surface area (TPSA) is 15.3 Å². The molecule has 1 heterocycles. The average molecular weight is 240 g/mol. The Balaban J connectivity index is 2.36. The summed E-state index contributed by atoms with van der Waals surface area (Å²) in [7, 11) is 0. The van der Waals surface area contributed by atoms with Crippen molar-refractivity contribution in [3.8, 4) is 0 Å². The van der Waals surface area contributed by atoms with E-state index in [1.807, 2.05) is 0 Å². The summed E-state index contributed by atoms with van der Waals surface area (Å²) in [5.41, 5.74) is 0. The molecule has 1 rings (SSSR count). The first-order valence-electron chi connectivity index (χ1n) is 7.76. The van der Waals surface area contributed by atoms with Gasteiger partial charge in [0.25, 0.3) is 0 Å². The molecular weight excluding hydrogens is 208 g/mol. The van der Waals surface area contributed by atoms with Crippen molar-refractivity contribution in [2.45, 2.75) is 65.3 Å².